The molecule has 2 aliphatic carbocycles. The van der Waals surface area contributed by atoms with E-state index in [0.29, 0.717) is 21.6 Å². The zero-order valence-corrected chi connectivity index (χ0v) is 20.4. The highest BCUT2D eigenvalue weighted by atomic mass is 32.2. The van der Waals surface area contributed by atoms with Crippen LogP contribution < -0.4 is 5.32 Å². The lowest BCUT2D eigenvalue weighted by molar-refractivity contribution is -0.0629. The van der Waals surface area contributed by atoms with Crippen molar-refractivity contribution in [1.82, 2.24) is 25.0 Å². The van der Waals surface area contributed by atoms with Crippen LogP contribution >= 0.6 is 11.8 Å². The van der Waals surface area contributed by atoms with Crippen LogP contribution in [0.2, 0.25) is 0 Å². The number of halogens is 1. The van der Waals surface area contributed by atoms with E-state index in [1.165, 1.54) is 17.8 Å². The zero-order chi connectivity index (χ0) is 31.8. The Bertz CT molecular complexity index is 1570. The van der Waals surface area contributed by atoms with Gasteiger partial charge in [0.2, 0.25) is 0 Å². The molecule has 0 unspecified atom stereocenters. The van der Waals surface area contributed by atoms with Gasteiger partial charge in [0.25, 0.3) is 0 Å². The zero-order valence-electron chi connectivity index (χ0n) is 26.6. The second-order valence-electron chi connectivity index (χ2n) is 8.34. The Hall–Kier alpha value is -2.38. The van der Waals surface area contributed by atoms with Crippen LogP contribution in [0.1, 0.15) is 58.8 Å². The fourth-order valence-electron chi connectivity index (χ4n) is 3.73. The highest BCUT2D eigenvalue weighted by molar-refractivity contribution is 7.99. The van der Waals surface area contributed by atoms with Crippen molar-refractivity contribution in [3.8, 4) is 0 Å². The molecule has 12 heteroatoms. The summed E-state index contributed by atoms with van der Waals surface area (Å²) in [6.45, 7) is 2.04. The maximum Gasteiger partial charge on any atom is 0.191 e. The molecule has 2 saturated carbocycles. The van der Waals surface area contributed by atoms with E-state index in [9.17, 15) is 19.7 Å². The summed E-state index contributed by atoms with van der Waals surface area (Å²) in [6, 6.07) is 0.534. The molecule has 0 aliphatic heterocycles. The van der Waals surface area contributed by atoms with Crippen LogP contribution in [-0.4, -0.2) is 83.5 Å². The molecule has 0 radical (unpaired) electrons. The number of nitrogens with one attached hydrogen (secondary N) is 1. The van der Waals surface area contributed by atoms with Crippen LogP contribution in [0.5, 0.6) is 0 Å². The largest absolute Gasteiger partial charge is 0.394 e. The van der Waals surface area contributed by atoms with Crippen molar-refractivity contribution in [2.45, 2.75) is 74.4 Å². The lowest BCUT2D eigenvalue weighted by Gasteiger charge is -2.17. The van der Waals surface area contributed by atoms with E-state index >= 15 is 0 Å². The van der Waals surface area contributed by atoms with Crippen molar-refractivity contribution < 1.29 is 34.0 Å². The Labute approximate surface area is 222 Å². The number of hydrogen-bond donors (Lipinski definition) is 4. The third kappa shape index (κ3) is 4.92. The number of fused-ring (bicyclic) bond motifs is 1. The number of hydrogen-bond acceptors (Lipinski definition) is 10. The SMILES string of the molecule is [2H]C1([2H])[C@]([2H])(OCCO)[C@@]([2H])(O)[C@@]([2H])(O)[C@]1([2H])n1nnc2c(N[C@@H]3C[C@@]3([2H])c3ccc(C)c(F)c3)nc(SCCC)nc21. The summed E-state index contributed by atoms with van der Waals surface area (Å²) in [7, 11) is 0. The summed E-state index contributed by atoms with van der Waals surface area (Å²) in [5, 5.41) is 42.2. The second-order valence-corrected chi connectivity index (χ2v) is 9.40. The Balaban J connectivity index is 1.63. The van der Waals surface area contributed by atoms with Gasteiger partial charge in [-0.1, -0.05) is 36.0 Å². The molecular weight excluding hydrogens is 487 g/mol. The first-order valence-electron chi connectivity index (χ1n) is 14.9. The fourth-order valence-corrected chi connectivity index (χ4v) is 4.42. The first-order valence-corrected chi connectivity index (χ1v) is 12.4. The number of benzene rings is 1. The van der Waals surface area contributed by atoms with Crippen molar-refractivity contribution in [2.75, 3.05) is 24.3 Å². The number of ether oxygens (including phenoxy) is 1. The number of rotatable bonds is 10. The Morgan fingerprint density at radius 1 is 1.33 bits per heavy atom. The second kappa shape index (κ2) is 10.5. The molecule has 1 aromatic carbocycles. The van der Waals surface area contributed by atoms with Gasteiger partial charge in [0.15, 0.2) is 22.1 Å². The molecule has 194 valence electrons. The van der Waals surface area contributed by atoms with Gasteiger partial charge >= 0.3 is 0 Å². The van der Waals surface area contributed by atoms with Crippen LogP contribution in [0.3, 0.4) is 0 Å². The summed E-state index contributed by atoms with van der Waals surface area (Å²) in [5.74, 6) is -1.08. The van der Waals surface area contributed by atoms with Gasteiger partial charge in [0.05, 0.1) is 30.8 Å². The molecule has 2 heterocycles. The maximum atomic E-state index is 14.3. The summed E-state index contributed by atoms with van der Waals surface area (Å²) < 4.78 is 80.3. The Morgan fingerprint density at radius 3 is 2.92 bits per heavy atom. The van der Waals surface area contributed by atoms with E-state index in [-0.39, 0.29) is 28.6 Å². The quantitative estimate of drug-likeness (QED) is 0.230. The molecule has 0 amide bonds. The van der Waals surface area contributed by atoms with Gasteiger partial charge in [-0.3, -0.25) is 0 Å². The summed E-state index contributed by atoms with van der Waals surface area (Å²) in [6.07, 6.45) is -13.5. The number of aliphatic hydroxyl groups excluding tert-OH is 1. The van der Waals surface area contributed by atoms with Crippen molar-refractivity contribution in [1.29, 1.82) is 0 Å². The average Bonchev–Trinajstić information content (AvgIpc) is 3.38. The van der Waals surface area contributed by atoms with E-state index in [1.54, 1.807) is 19.1 Å². The molecule has 0 saturated heterocycles. The van der Waals surface area contributed by atoms with Gasteiger partial charge in [0.1, 0.15) is 18.0 Å². The maximum absolute atomic E-state index is 14.3. The molecule has 36 heavy (non-hydrogen) atoms. The first-order chi connectivity index (χ1) is 19.9. The van der Waals surface area contributed by atoms with E-state index in [4.69, 9.17) is 14.3 Å². The smallest absolute Gasteiger partial charge is 0.191 e. The minimum Gasteiger partial charge on any atom is -0.394 e. The Morgan fingerprint density at radius 2 is 2.17 bits per heavy atom. The van der Waals surface area contributed by atoms with E-state index in [2.05, 4.69) is 25.6 Å². The summed E-state index contributed by atoms with van der Waals surface area (Å²) in [5.41, 5.74) is 0.374. The van der Waals surface area contributed by atoms with Crippen molar-refractivity contribution >= 4 is 28.7 Å². The average molecular weight is 526 g/mol. The highest BCUT2D eigenvalue weighted by Crippen LogP contribution is 2.44. The third-order valence-corrected chi connectivity index (χ3v) is 6.75. The Kier molecular flexibility index (Phi) is 5.26. The number of nitrogens with zero attached hydrogens (tertiary/aromatic N) is 5. The van der Waals surface area contributed by atoms with Crippen LogP contribution in [0, 0.1) is 12.7 Å². The monoisotopic (exact) mass is 525 g/mol. The van der Waals surface area contributed by atoms with Gasteiger partial charge in [-0.15, -0.1) is 5.10 Å². The number of aryl methyl sites for hydroxylation is 1. The highest BCUT2D eigenvalue weighted by Gasteiger charge is 2.45. The minimum atomic E-state index is -3.79. The third-order valence-electron chi connectivity index (χ3n) is 5.70. The standard InChI is InChI=1S/C24H31FN6O4S/c1-3-8-36-24-27-22(26-16-10-14(16)13-5-4-12(2)15(25)9-13)19-23(28-24)31(30-29-19)17-11-18(35-7-6-32)21(34)20(17)33/h4-5,9,14,16-18,20-21,32-34H,3,6-8,10-11H2,1-2H3,(H,26,27,28)/t14-,16+,17+,18-,20-,21+/m0/s1/i11D2,14D,17D,18D,20D,21D. The van der Waals surface area contributed by atoms with Gasteiger partial charge in [-0.2, -0.15) is 0 Å². The van der Waals surface area contributed by atoms with Crippen molar-refractivity contribution in [3.63, 3.8) is 0 Å². The van der Waals surface area contributed by atoms with Gasteiger partial charge in [-0.25, -0.2) is 19.0 Å². The molecule has 5 rings (SSSR count). The molecule has 10 nitrogen and oxygen atoms in total. The van der Waals surface area contributed by atoms with Gasteiger partial charge in [0, 0.05) is 28.2 Å². The normalized spacial score (nSPS) is 42.1. The topological polar surface area (TPSA) is 138 Å². The summed E-state index contributed by atoms with van der Waals surface area (Å²) >= 11 is 1.19. The molecule has 2 aliphatic rings. The molecule has 4 N–H and O–H groups in total. The fraction of sp³-hybridized carbons (Fsp3) is 0.583. The minimum absolute atomic E-state index is 0.0343. The van der Waals surface area contributed by atoms with E-state index in [1.807, 2.05) is 6.92 Å². The predicted molar refractivity (Wildman–Crippen MR) is 133 cm³/mol. The molecule has 0 bridgehead atoms. The van der Waals surface area contributed by atoms with Crippen LogP contribution in [0.4, 0.5) is 10.2 Å². The van der Waals surface area contributed by atoms with Crippen molar-refractivity contribution in [3.05, 3.63) is 35.1 Å². The number of thioether (sulfide) groups is 1. The lowest BCUT2D eigenvalue weighted by atomic mass is 10.1. The predicted octanol–water partition coefficient (Wildman–Crippen LogP) is 2.18. The molecule has 3 aromatic rings. The van der Waals surface area contributed by atoms with Crippen LogP contribution in [0.15, 0.2) is 23.4 Å². The van der Waals surface area contributed by atoms with Crippen molar-refractivity contribution in [2.24, 2.45) is 0 Å². The summed E-state index contributed by atoms with van der Waals surface area (Å²) in [4.78, 5) is 8.81. The number of aromatic nitrogens is 5. The van der Waals surface area contributed by atoms with Crippen LogP contribution in [0.25, 0.3) is 11.2 Å². The molecule has 2 fully saturated rings. The molecule has 6 atom stereocenters. The molecular formula is C24H31FN6O4S. The number of anilines is 1. The van der Waals surface area contributed by atoms with E-state index < -0.39 is 61.6 Å². The molecule has 0 spiro atoms. The van der Waals surface area contributed by atoms with Crippen LogP contribution in [-0.2, 0) is 4.74 Å². The van der Waals surface area contributed by atoms with Gasteiger partial charge in [-0.05, 0) is 37.0 Å². The lowest BCUT2D eigenvalue weighted by Crippen LogP contribution is -2.33. The number of aliphatic hydroxyl groups is 3. The first kappa shape index (κ1) is 18.0. The van der Waals surface area contributed by atoms with Gasteiger partial charge < -0.3 is 25.4 Å². The van der Waals surface area contributed by atoms with E-state index in [0.717, 1.165) is 6.42 Å². The molecule has 2 aromatic heterocycles.